The molecule has 0 saturated heterocycles. The van der Waals surface area contributed by atoms with E-state index in [1.165, 1.54) is 0 Å². The van der Waals surface area contributed by atoms with E-state index < -0.39 is 0 Å². The molecule has 0 bridgehead atoms. The number of rotatable bonds is 6. The number of hydrogen-bond acceptors (Lipinski definition) is 3. The molecule has 2 N–H and O–H groups in total. The number of aliphatic hydroxyl groups is 1. The average molecular weight is 253 g/mol. The Labute approximate surface area is 108 Å². The van der Waals surface area contributed by atoms with Crippen LogP contribution in [-0.2, 0) is 13.5 Å². The van der Waals surface area contributed by atoms with Crippen molar-refractivity contribution in [3.8, 4) is 0 Å². The second kappa shape index (κ2) is 6.54. The van der Waals surface area contributed by atoms with Gasteiger partial charge in [-0.05, 0) is 24.8 Å². The van der Waals surface area contributed by atoms with Gasteiger partial charge in [0.1, 0.15) is 5.69 Å². The Morgan fingerprint density at radius 2 is 2.22 bits per heavy atom. The minimum Gasteiger partial charge on any atom is -0.394 e. The summed E-state index contributed by atoms with van der Waals surface area (Å²) in [5.41, 5.74) is 1.43. The molecule has 0 radical (unpaired) electrons. The van der Waals surface area contributed by atoms with E-state index in [-0.39, 0.29) is 18.6 Å². The molecule has 0 aromatic carbocycles. The van der Waals surface area contributed by atoms with Gasteiger partial charge in [0.2, 0.25) is 0 Å². The van der Waals surface area contributed by atoms with E-state index in [1.54, 1.807) is 17.8 Å². The molecule has 1 heterocycles. The second-order valence-corrected chi connectivity index (χ2v) is 4.98. The standard InChI is InChI=1S/C13H23N3O2/c1-5-10-7-12(16(4)15-10)13(18)14-11(8-17)6-9(2)3/h7,9,11,17H,5-6,8H2,1-4H3,(H,14,18). The Bertz CT molecular complexity index is 399. The lowest BCUT2D eigenvalue weighted by Crippen LogP contribution is -2.39. The summed E-state index contributed by atoms with van der Waals surface area (Å²) in [6, 6.07) is 1.59. The van der Waals surface area contributed by atoms with Crippen LogP contribution in [0.4, 0.5) is 0 Å². The van der Waals surface area contributed by atoms with Crippen LogP contribution < -0.4 is 5.32 Å². The lowest BCUT2D eigenvalue weighted by molar-refractivity contribution is 0.0899. The van der Waals surface area contributed by atoms with Crippen molar-refractivity contribution in [3.63, 3.8) is 0 Å². The third-order valence-corrected chi connectivity index (χ3v) is 2.84. The van der Waals surface area contributed by atoms with Crippen molar-refractivity contribution in [3.05, 3.63) is 17.5 Å². The first kappa shape index (κ1) is 14.7. The molecule has 5 nitrogen and oxygen atoms in total. The van der Waals surface area contributed by atoms with E-state index in [9.17, 15) is 9.90 Å². The van der Waals surface area contributed by atoms with Gasteiger partial charge in [0.05, 0.1) is 18.3 Å². The Kier molecular flexibility index (Phi) is 5.34. The maximum atomic E-state index is 12.1. The molecule has 1 rings (SSSR count). The summed E-state index contributed by atoms with van der Waals surface area (Å²) in [7, 11) is 1.75. The summed E-state index contributed by atoms with van der Waals surface area (Å²) >= 11 is 0. The number of nitrogens with zero attached hydrogens (tertiary/aromatic N) is 2. The first-order valence-corrected chi connectivity index (χ1v) is 6.42. The molecule has 0 aliphatic heterocycles. The number of carbonyl (C=O) groups is 1. The summed E-state index contributed by atoms with van der Waals surface area (Å²) in [6.07, 6.45) is 1.57. The van der Waals surface area contributed by atoms with E-state index >= 15 is 0 Å². The van der Waals surface area contributed by atoms with Gasteiger partial charge in [-0.15, -0.1) is 0 Å². The van der Waals surface area contributed by atoms with E-state index in [1.807, 2.05) is 6.92 Å². The van der Waals surface area contributed by atoms with Crippen LogP contribution in [0, 0.1) is 5.92 Å². The van der Waals surface area contributed by atoms with Crippen molar-refractivity contribution in [1.29, 1.82) is 0 Å². The lowest BCUT2D eigenvalue weighted by atomic mass is 10.0. The number of aromatic nitrogens is 2. The first-order valence-electron chi connectivity index (χ1n) is 6.42. The molecule has 1 aromatic heterocycles. The molecule has 1 atom stereocenters. The van der Waals surface area contributed by atoms with E-state index in [0.29, 0.717) is 11.6 Å². The van der Waals surface area contributed by atoms with Crippen molar-refractivity contribution < 1.29 is 9.90 Å². The molecular weight excluding hydrogens is 230 g/mol. The molecular formula is C13H23N3O2. The molecule has 1 aromatic rings. The summed E-state index contributed by atoms with van der Waals surface area (Å²) in [6.45, 7) is 6.09. The molecule has 0 fully saturated rings. The fourth-order valence-corrected chi connectivity index (χ4v) is 1.92. The normalized spacial score (nSPS) is 12.8. The van der Waals surface area contributed by atoms with Crippen LogP contribution in [0.1, 0.15) is 43.4 Å². The van der Waals surface area contributed by atoms with Gasteiger partial charge in [-0.3, -0.25) is 9.48 Å². The van der Waals surface area contributed by atoms with Crippen LogP contribution in [0.5, 0.6) is 0 Å². The van der Waals surface area contributed by atoms with Crippen molar-refractivity contribution in [1.82, 2.24) is 15.1 Å². The Hall–Kier alpha value is -1.36. The average Bonchev–Trinajstić information content (AvgIpc) is 2.69. The monoisotopic (exact) mass is 253 g/mol. The zero-order valence-corrected chi connectivity index (χ0v) is 11.6. The predicted octanol–water partition coefficient (Wildman–Crippen LogP) is 1.12. The highest BCUT2D eigenvalue weighted by atomic mass is 16.3. The van der Waals surface area contributed by atoms with Crippen LogP contribution >= 0.6 is 0 Å². The van der Waals surface area contributed by atoms with Gasteiger partial charge in [0, 0.05) is 7.05 Å². The van der Waals surface area contributed by atoms with Crippen molar-refractivity contribution in [2.45, 2.75) is 39.7 Å². The molecule has 0 aliphatic rings. The summed E-state index contributed by atoms with van der Waals surface area (Å²) in [5, 5.41) is 16.3. The minimum atomic E-state index is -0.197. The Morgan fingerprint density at radius 3 is 2.67 bits per heavy atom. The predicted molar refractivity (Wildman–Crippen MR) is 70.4 cm³/mol. The number of hydrogen-bond donors (Lipinski definition) is 2. The first-order chi connectivity index (χ1) is 8.47. The third kappa shape index (κ3) is 3.84. The smallest absolute Gasteiger partial charge is 0.269 e. The molecule has 0 spiro atoms. The number of nitrogens with one attached hydrogen (secondary N) is 1. The largest absolute Gasteiger partial charge is 0.394 e. The molecule has 1 amide bonds. The van der Waals surface area contributed by atoms with Gasteiger partial charge in [0.15, 0.2) is 0 Å². The van der Waals surface area contributed by atoms with Gasteiger partial charge in [-0.1, -0.05) is 20.8 Å². The molecule has 1 unspecified atom stereocenters. The lowest BCUT2D eigenvalue weighted by Gasteiger charge is -2.18. The topological polar surface area (TPSA) is 67.2 Å². The van der Waals surface area contributed by atoms with Crippen LogP contribution in [-0.4, -0.2) is 33.4 Å². The summed E-state index contributed by atoms with van der Waals surface area (Å²) in [4.78, 5) is 12.1. The summed E-state index contributed by atoms with van der Waals surface area (Å²) in [5.74, 6) is 0.254. The SMILES string of the molecule is CCc1cc(C(=O)NC(CO)CC(C)C)n(C)n1. The Balaban J connectivity index is 2.71. The zero-order chi connectivity index (χ0) is 13.7. The van der Waals surface area contributed by atoms with Gasteiger partial charge < -0.3 is 10.4 Å². The number of aliphatic hydroxyl groups excluding tert-OH is 1. The van der Waals surface area contributed by atoms with Crippen LogP contribution in [0.25, 0.3) is 0 Å². The van der Waals surface area contributed by atoms with E-state index in [2.05, 4.69) is 24.3 Å². The maximum absolute atomic E-state index is 12.1. The van der Waals surface area contributed by atoms with Gasteiger partial charge in [-0.2, -0.15) is 5.10 Å². The molecule has 0 aliphatic carbocycles. The van der Waals surface area contributed by atoms with Crippen LogP contribution in [0.3, 0.4) is 0 Å². The molecule has 5 heteroatoms. The fraction of sp³-hybridized carbons (Fsp3) is 0.692. The highest BCUT2D eigenvalue weighted by molar-refractivity contribution is 5.92. The minimum absolute atomic E-state index is 0.0393. The highest BCUT2D eigenvalue weighted by Crippen LogP contribution is 2.07. The van der Waals surface area contributed by atoms with E-state index in [4.69, 9.17) is 0 Å². The number of aryl methyl sites for hydroxylation is 2. The van der Waals surface area contributed by atoms with Crippen molar-refractivity contribution in [2.75, 3.05) is 6.61 Å². The van der Waals surface area contributed by atoms with Gasteiger partial charge in [0.25, 0.3) is 5.91 Å². The van der Waals surface area contributed by atoms with Crippen LogP contribution in [0.2, 0.25) is 0 Å². The Morgan fingerprint density at radius 1 is 1.56 bits per heavy atom. The molecule has 102 valence electrons. The quantitative estimate of drug-likeness (QED) is 0.798. The van der Waals surface area contributed by atoms with Gasteiger partial charge in [-0.25, -0.2) is 0 Å². The van der Waals surface area contributed by atoms with Crippen LogP contribution in [0.15, 0.2) is 6.07 Å². The van der Waals surface area contributed by atoms with Gasteiger partial charge >= 0.3 is 0 Å². The molecule has 18 heavy (non-hydrogen) atoms. The second-order valence-electron chi connectivity index (χ2n) is 4.98. The molecule has 0 saturated carbocycles. The van der Waals surface area contributed by atoms with Crippen molar-refractivity contribution in [2.24, 2.45) is 13.0 Å². The maximum Gasteiger partial charge on any atom is 0.269 e. The third-order valence-electron chi connectivity index (χ3n) is 2.84. The summed E-state index contributed by atoms with van der Waals surface area (Å²) < 4.78 is 1.58. The zero-order valence-electron chi connectivity index (χ0n) is 11.6. The highest BCUT2D eigenvalue weighted by Gasteiger charge is 2.17. The fourth-order valence-electron chi connectivity index (χ4n) is 1.92. The number of amides is 1. The van der Waals surface area contributed by atoms with Crippen molar-refractivity contribution >= 4 is 5.91 Å². The van der Waals surface area contributed by atoms with E-state index in [0.717, 1.165) is 18.5 Å². The number of carbonyl (C=O) groups excluding carboxylic acids is 1.